The van der Waals surface area contributed by atoms with E-state index in [0.717, 1.165) is 17.0 Å². The zero-order chi connectivity index (χ0) is 15.0. The van der Waals surface area contributed by atoms with Crippen molar-refractivity contribution in [3.05, 3.63) is 45.5 Å². The molecule has 0 unspecified atom stereocenters. The number of H-pyrrole nitrogens is 1. The maximum Gasteiger partial charge on any atom is 0.263 e. The maximum atomic E-state index is 12.0. The molecule has 0 bridgehead atoms. The molecule has 1 N–H and O–H groups in total. The van der Waals surface area contributed by atoms with E-state index in [1.54, 1.807) is 18.2 Å². The molecule has 0 aliphatic heterocycles. The standard InChI is InChI=1S/C14H13N5O2/c1-7-6-10(13(20)15-9(7)3)14-16-12(19-21-14)11-5-4-8(2)17-18-11/h4-6H,1-3H3,(H,15,20). The molecule has 0 atom stereocenters. The molecule has 0 aromatic carbocycles. The molecule has 0 fully saturated rings. The zero-order valence-electron chi connectivity index (χ0n) is 11.8. The van der Waals surface area contributed by atoms with E-state index in [4.69, 9.17) is 4.52 Å². The second-order valence-electron chi connectivity index (χ2n) is 4.80. The topological polar surface area (TPSA) is 97.6 Å². The van der Waals surface area contributed by atoms with Gasteiger partial charge in [0.2, 0.25) is 5.82 Å². The summed E-state index contributed by atoms with van der Waals surface area (Å²) in [5, 5.41) is 11.8. The van der Waals surface area contributed by atoms with Crippen LogP contribution in [-0.4, -0.2) is 25.3 Å². The van der Waals surface area contributed by atoms with Gasteiger partial charge in [0.15, 0.2) is 0 Å². The Bertz CT molecular complexity index is 849. The van der Waals surface area contributed by atoms with Crippen LogP contribution < -0.4 is 5.56 Å². The van der Waals surface area contributed by atoms with Gasteiger partial charge in [-0.2, -0.15) is 10.1 Å². The van der Waals surface area contributed by atoms with Crippen LogP contribution in [0.2, 0.25) is 0 Å². The summed E-state index contributed by atoms with van der Waals surface area (Å²) >= 11 is 0. The molecule has 0 amide bonds. The van der Waals surface area contributed by atoms with Crippen LogP contribution in [0.4, 0.5) is 0 Å². The van der Waals surface area contributed by atoms with Gasteiger partial charge in [-0.3, -0.25) is 4.79 Å². The number of nitrogens with zero attached hydrogens (tertiary/aromatic N) is 4. The SMILES string of the molecule is Cc1ccc(-c2noc(-c3cc(C)c(C)[nH]c3=O)n2)nn1. The Kier molecular flexibility index (Phi) is 3.09. The third-order valence-electron chi connectivity index (χ3n) is 3.18. The van der Waals surface area contributed by atoms with Gasteiger partial charge in [0, 0.05) is 5.69 Å². The Balaban J connectivity index is 2.04. The molecule has 21 heavy (non-hydrogen) atoms. The highest BCUT2D eigenvalue weighted by Crippen LogP contribution is 2.19. The van der Waals surface area contributed by atoms with Crippen molar-refractivity contribution in [1.29, 1.82) is 0 Å². The second-order valence-corrected chi connectivity index (χ2v) is 4.80. The van der Waals surface area contributed by atoms with Crippen LogP contribution in [0, 0.1) is 20.8 Å². The smallest absolute Gasteiger partial charge is 0.263 e. The Morgan fingerprint density at radius 3 is 2.67 bits per heavy atom. The first-order valence-corrected chi connectivity index (χ1v) is 6.40. The highest BCUT2D eigenvalue weighted by molar-refractivity contribution is 5.57. The molecule has 3 rings (SSSR count). The van der Waals surface area contributed by atoms with Crippen molar-refractivity contribution in [3.8, 4) is 23.0 Å². The van der Waals surface area contributed by atoms with Crippen molar-refractivity contribution < 1.29 is 4.52 Å². The molecule has 0 aliphatic rings. The second kappa shape index (κ2) is 4.93. The van der Waals surface area contributed by atoms with E-state index in [-0.39, 0.29) is 11.4 Å². The number of aryl methyl sites for hydroxylation is 3. The minimum Gasteiger partial charge on any atom is -0.333 e. The van der Waals surface area contributed by atoms with E-state index in [1.807, 2.05) is 20.8 Å². The maximum absolute atomic E-state index is 12.0. The summed E-state index contributed by atoms with van der Waals surface area (Å²) in [5.41, 5.74) is 3.14. The van der Waals surface area contributed by atoms with E-state index in [0.29, 0.717) is 17.1 Å². The lowest BCUT2D eigenvalue weighted by atomic mass is 10.1. The molecule has 0 saturated heterocycles. The Labute approximate surface area is 120 Å². The van der Waals surface area contributed by atoms with Crippen molar-refractivity contribution >= 4 is 0 Å². The normalized spacial score (nSPS) is 10.8. The molecule has 0 aliphatic carbocycles. The molecule has 7 nitrogen and oxygen atoms in total. The molecule has 7 heteroatoms. The molecule has 0 spiro atoms. The molecule has 106 valence electrons. The Hall–Kier alpha value is -2.83. The van der Waals surface area contributed by atoms with Crippen molar-refractivity contribution in [1.82, 2.24) is 25.3 Å². The van der Waals surface area contributed by atoms with Gasteiger partial charge >= 0.3 is 0 Å². The first-order valence-electron chi connectivity index (χ1n) is 6.40. The predicted octanol–water partition coefficient (Wildman–Crippen LogP) is 1.81. The largest absolute Gasteiger partial charge is 0.333 e. The monoisotopic (exact) mass is 283 g/mol. The van der Waals surface area contributed by atoms with E-state index >= 15 is 0 Å². The Morgan fingerprint density at radius 2 is 1.95 bits per heavy atom. The molecule has 3 heterocycles. The van der Waals surface area contributed by atoms with Gasteiger partial charge in [0.05, 0.1) is 5.69 Å². The third-order valence-corrected chi connectivity index (χ3v) is 3.18. The van der Waals surface area contributed by atoms with E-state index in [2.05, 4.69) is 25.3 Å². The quantitative estimate of drug-likeness (QED) is 0.770. The Morgan fingerprint density at radius 1 is 1.14 bits per heavy atom. The number of aromatic amines is 1. The molecular formula is C14H13N5O2. The van der Waals surface area contributed by atoms with Gasteiger partial charge in [-0.25, -0.2) is 0 Å². The minimum absolute atomic E-state index is 0.164. The number of nitrogens with one attached hydrogen (secondary N) is 1. The van der Waals surface area contributed by atoms with Crippen LogP contribution in [0.15, 0.2) is 27.5 Å². The van der Waals surface area contributed by atoms with Gasteiger partial charge in [-0.15, -0.1) is 5.10 Å². The number of hydrogen-bond donors (Lipinski definition) is 1. The third kappa shape index (κ3) is 2.45. The van der Waals surface area contributed by atoms with Crippen LogP contribution in [0.5, 0.6) is 0 Å². The molecule has 0 saturated carbocycles. The fourth-order valence-corrected chi connectivity index (χ4v) is 1.84. The minimum atomic E-state index is -0.261. The summed E-state index contributed by atoms with van der Waals surface area (Å²) in [5.74, 6) is 0.465. The molecule has 0 radical (unpaired) electrons. The summed E-state index contributed by atoms with van der Waals surface area (Å²) < 4.78 is 5.16. The summed E-state index contributed by atoms with van der Waals surface area (Å²) in [7, 11) is 0. The first-order chi connectivity index (χ1) is 10.0. The van der Waals surface area contributed by atoms with Crippen molar-refractivity contribution in [3.63, 3.8) is 0 Å². The van der Waals surface area contributed by atoms with Crippen molar-refractivity contribution in [2.45, 2.75) is 20.8 Å². The van der Waals surface area contributed by atoms with Gasteiger partial charge in [0.25, 0.3) is 11.4 Å². The lowest BCUT2D eigenvalue weighted by molar-refractivity contribution is 0.431. The number of pyridine rings is 1. The van der Waals surface area contributed by atoms with Gasteiger partial charge in [-0.05, 0) is 44.5 Å². The van der Waals surface area contributed by atoms with Crippen LogP contribution in [-0.2, 0) is 0 Å². The number of rotatable bonds is 2. The zero-order valence-corrected chi connectivity index (χ0v) is 11.8. The fraction of sp³-hybridized carbons (Fsp3) is 0.214. The lowest BCUT2D eigenvalue weighted by Gasteiger charge is -2.00. The van der Waals surface area contributed by atoms with Gasteiger partial charge in [-0.1, -0.05) is 5.16 Å². The average molecular weight is 283 g/mol. The van der Waals surface area contributed by atoms with Crippen LogP contribution in [0.1, 0.15) is 17.0 Å². The summed E-state index contributed by atoms with van der Waals surface area (Å²) in [4.78, 5) is 18.9. The fourth-order valence-electron chi connectivity index (χ4n) is 1.84. The molecule has 3 aromatic heterocycles. The van der Waals surface area contributed by atoms with Crippen LogP contribution >= 0.6 is 0 Å². The highest BCUT2D eigenvalue weighted by atomic mass is 16.5. The van der Waals surface area contributed by atoms with E-state index in [1.165, 1.54) is 0 Å². The summed E-state index contributed by atoms with van der Waals surface area (Å²) in [6, 6.07) is 5.29. The average Bonchev–Trinajstić information content (AvgIpc) is 2.93. The van der Waals surface area contributed by atoms with Gasteiger partial charge in [0.1, 0.15) is 11.3 Å². The lowest BCUT2D eigenvalue weighted by Crippen LogP contribution is -2.11. The van der Waals surface area contributed by atoms with Crippen LogP contribution in [0.25, 0.3) is 23.0 Å². The van der Waals surface area contributed by atoms with Crippen LogP contribution in [0.3, 0.4) is 0 Å². The molecule has 3 aromatic rings. The predicted molar refractivity (Wildman–Crippen MR) is 75.6 cm³/mol. The summed E-state index contributed by atoms with van der Waals surface area (Å²) in [6.07, 6.45) is 0. The van der Waals surface area contributed by atoms with Gasteiger partial charge < -0.3 is 9.51 Å². The van der Waals surface area contributed by atoms with Crippen molar-refractivity contribution in [2.24, 2.45) is 0 Å². The molecular weight excluding hydrogens is 270 g/mol. The highest BCUT2D eigenvalue weighted by Gasteiger charge is 2.15. The van der Waals surface area contributed by atoms with E-state index in [9.17, 15) is 4.79 Å². The number of aromatic nitrogens is 5. The van der Waals surface area contributed by atoms with E-state index < -0.39 is 0 Å². The number of hydrogen-bond acceptors (Lipinski definition) is 6. The first kappa shape index (κ1) is 13.2. The van der Waals surface area contributed by atoms with Crippen molar-refractivity contribution in [2.75, 3.05) is 0 Å². The summed E-state index contributed by atoms with van der Waals surface area (Å²) in [6.45, 7) is 5.58.